The Morgan fingerprint density at radius 1 is 0.636 bits per heavy atom. The van der Waals surface area contributed by atoms with Crippen molar-refractivity contribution in [1.82, 2.24) is 10.7 Å². The lowest BCUT2D eigenvalue weighted by atomic mass is 10.1. The number of nitrogens with zero attached hydrogens (tertiary/aromatic N) is 1. The lowest BCUT2D eigenvalue weighted by Crippen LogP contribution is -2.34. The van der Waals surface area contributed by atoms with Gasteiger partial charge in [0.25, 0.3) is 11.8 Å². The Morgan fingerprint density at radius 2 is 1.14 bits per heavy atom. The SMILES string of the molecule is COc1cc(C=NNC(=O)CNC(=O)c2cc(OC)c(OC)c(OC)c2)ccc1OC(=O)c1cc(OC)c(OC)c(OC)c1. The molecule has 0 aromatic heterocycles. The van der Waals surface area contributed by atoms with Crippen LogP contribution in [0.15, 0.2) is 47.6 Å². The molecule has 0 spiro atoms. The number of hydrogen-bond acceptors (Lipinski definition) is 12. The molecule has 0 heterocycles. The Bertz CT molecular complexity index is 1490. The van der Waals surface area contributed by atoms with Gasteiger partial charge < -0.3 is 43.2 Å². The molecule has 234 valence electrons. The summed E-state index contributed by atoms with van der Waals surface area (Å²) in [5.41, 5.74) is 3.21. The first kappa shape index (κ1) is 32.8. The van der Waals surface area contributed by atoms with Crippen LogP contribution in [0.25, 0.3) is 0 Å². The van der Waals surface area contributed by atoms with E-state index in [0.29, 0.717) is 40.1 Å². The third-order valence-corrected chi connectivity index (χ3v) is 6.03. The van der Waals surface area contributed by atoms with Crippen LogP contribution in [-0.2, 0) is 4.79 Å². The molecule has 3 rings (SSSR count). The number of benzene rings is 3. The summed E-state index contributed by atoms with van der Waals surface area (Å²) in [6, 6.07) is 10.5. The fourth-order valence-electron chi connectivity index (χ4n) is 3.90. The Hall–Kier alpha value is -5.66. The van der Waals surface area contributed by atoms with Gasteiger partial charge in [0.05, 0.1) is 68.1 Å². The highest BCUT2D eigenvalue weighted by Gasteiger charge is 2.20. The number of carbonyl (C=O) groups is 3. The number of hydrazone groups is 1. The fourth-order valence-corrected chi connectivity index (χ4v) is 3.90. The molecule has 0 aliphatic rings. The number of esters is 1. The molecule has 14 nitrogen and oxygen atoms in total. The van der Waals surface area contributed by atoms with E-state index in [1.807, 2.05) is 0 Å². The normalized spacial score (nSPS) is 10.4. The zero-order chi connectivity index (χ0) is 32.2. The van der Waals surface area contributed by atoms with Gasteiger partial charge in [0.2, 0.25) is 11.5 Å². The average molecular weight is 612 g/mol. The zero-order valence-electron chi connectivity index (χ0n) is 25.3. The van der Waals surface area contributed by atoms with Gasteiger partial charge in [-0.3, -0.25) is 9.59 Å². The van der Waals surface area contributed by atoms with Crippen LogP contribution in [-0.4, -0.2) is 80.3 Å². The number of hydrogen-bond donors (Lipinski definition) is 2. The van der Waals surface area contributed by atoms with Gasteiger partial charge in [0.1, 0.15) is 0 Å². The Labute approximate surface area is 253 Å². The Balaban J connectivity index is 1.62. The van der Waals surface area contributed by atoms with Crippen LogP contribution >= 0.6 is 0 Å². The summed E-state index contributed by atoms with van der Waals surface area (Å²) < 4.78 is 42.5. The maximum Gasteiger partial charge on any atom is 0.343 e. The van der Waals surface area contributed by atoms with Crippen LogP contribution < -0.4 is 48.6 Å². The van der Waals surface area contributed by atoms with Gasteiger partial charge in [0.15, 0.2) is 34.5 Å². The minimum atomic E-state index is -0.690. The van der Waals surface area contributed by atoms with E-state index in [4.69, 9.17) is 37.9 Å². The largest absolute Gasteiger partial charge is 0.493 e. The van der Waals surface area contributed by atoms with Crippen molar-refractivity contribution in [3.8, 4) is 46.0 Å². The van der Waals surface area contributed by atoms with Crippen molar-refractivity contribution in [2.45, 2.75) is 0 Å². The minimum absolute atomic E-state index is 0.141. The van der Waals surface area contributed by atoms with E-state index in [0.717, 1.165) is 0 Å². The third-order valence-electron chi connectivity index (χ3n) is 6.03. The highest BCUT2D eigenvalue weighted by atomic mass is 16.6. The van der Waals surface area contributed by atoms with Crippen LogP contribution in [0.3, 0.4) is 0 Å². The molecular formula is C30H33N3O11. The monoisotopic (exact) mass is 611 g/mol. The topological polar surface area (TPSA) is 161 Å². The molecule has 0 aliphatic heterocycles. The molecular weight excluding hydrogens is 578 g/mol. The summed E-state index contributed by atoms with van der Waals surface area (Å²) in [5.74, 6) is 0.410. The number of ether oxygens (including phenoxy) is 8. The molecule has 0 fully saturated rings. The lowest BCUT2D eigenvalue weighted by molar-refractivity contribution is -0.120. The van der Waals surface area contributed by atoms with Crippen LogP contribution in [0.4, 0.5) is 0 Å². The third kappa shape index (κ3) is 7.79. The van der Waals surface area contributed by atoms with Crippen molar-refractivity contribution in [3.05, 3.63) is 59.2 Å². The van der Waals surface area contributed by atoms with Crippen molar-refractivity contribution >= 4 is 24.0 Å². The highest BCUT2D eigenvalue weighted by molar-refractivity contribution is 5.98. The van der Waals surface area contributed by atoms with Gasteiger partial charge in [-0.15, -0.1) is 0 Å². The summed E-state index contributed by atoms with van der Waals surface area (Å²) in [7, 11) is 10.0. The summed E-state index contributed by atoms with van der Waals surface area (Å²) in [6.45, 7) is -0.355. The predicted octanol–water partition coefficient (Wildman–Crippen LogP) is 2.85. The van der Waals surface area contributed by atoms with E-state index in [-0.39, 0.29) is 29.2 Å². The summed E-state index contributed by atoms with van der Waals surface area (Å²) in [5, 5.41) is 6.40. The molecule has 3 aromatic rings. The average Bonchev–Trinajstić information content (AvgIpc) is 3.05. The second-order valence-corrected chi connectivity index (χ2v) is 8.60. The van der Waals surface area contributed by atoms with Crippen LogP contribution in [0.2, 0.25) is 0 Å². The first-order valence-electron chi connectivity index (χ1n) is 12.8. The number of amides is 2. The van der Waals surface area contributed by atoms with Crippen LogP contribution in [0, 0.1) is 0 Å². The highest BCUT2D eigenvalue weighted by Crippen LogP contribution is 2.39. The minimum Gasteiger partial charge on any atom is -0.493 e. The van der Waals surface area contributed by atoms with Crippen LogP contribution in [0.5, 0.6) is 46.0 Å². The van der Waals surface area contributed by atoms with E-state index < -0.39 is 17.8 Å². The fraction of sp³-hybridized carbons (Fsp3) is 0.267. The number of nitrogens with one attached hydrogen (secondary N) is 2. The summed E-state index contributed by atoms with van der Waals surface area (Å²) in [6.07, 6.45) is 1.35. The number of methoxy groups -OCH3 is 7. The van der Waals surface area contributed by atoms with Crippen molar-refractivity contribution in [3.63, 3.8) is 0 Å². The molecule has 0 aliphatic carbocycles. The Kier molecular flexibility index (Phi) is 11.6. The van der Waals surface area contributed by atoms with Crippen molar-refractivity contribution in [2.24, 2.45) is 5.10 Å². The smallest absolute Gasteiger partial charge is 0.343 e. The van der Waals surface area contributed by atoms with E-state index in [2.05, 4.69) is 15.8 Å². The molecule has 0 bridgehead atoms. The van der Waals surface area contributed by atoms with Gasteiger partial charge in [0, 0.05) is 5.56 Å². The standard InChI is InChI=1S/C30H33N3O11/c1-37-21-10-17(8-9-20(21)44-30(36)19-13-24(40-4)28(43-7)25(14-19)41-5)15-32-33-26(34)16-31-29(35)18-11-22(38-2)27(42-6)23(12-18)39-3/h8-15H,16H2,1-7H3,(H,31,35)(H,33,34). The second-order valence-electron chi connectivity index (χ2n) is 8.60. The second kappa shape index (κ2) is 15.5. The quantitative estimate of drug-likeness (QED) is 0.119. The number of carbonyl (C=O) groups excluding carboxylic acids is 3. The lowest BCUT2D eigenvalue weighted by Gasteiger charge is -2.14. The van der Waals surface area contributed by atoms with E-state index in [1.165, 1.54) is 86.3 Å². The molecule has 14 heteroatoms. The zero-order valence-corrected chi connectivity index (χ0v) is 25.3. The molecule has 0 atom stereocenters. The predicted molar refractivity (Wildman–Crippen MR) is 158 cm³/mol. The summed E-state index contributed by atoms with van der Waals surface area (Å²) in [4.78, 5) is 37.7. The molecule has 44 heavy (non-hydrogen) atoms. The van der Waals surface area contributed by atoms with Crippen LogP contribution in [0.1, 0.15) is 26.3 Å². The van der Waals surface area contributed by atoms with Gasteiger partial charge in [-0.1, -0.05) is 0 Å². The molecule has 2 N–H and O–H groups in total. The molecule has 0 radical (unpaired) electrons. The first-order chi connectivity index (χ1) is 21.2. The maximum atomic E-state index is 12.9. The molecule has 0 saturated carbocycles. The van der Waals surface area contributed by atoms with E-state index in [9.17, 15) is 14.4 Å². The van der Waals surface area contributed by atoms with Gasteiger partial charge in [-0.2, -0.15) is 5.10 Å². The van der Waals surface area contributed by atoms with E-state index >= 15 is 0 Å². The molecule has 0 unspecified atom stereocenters. The van der Waals surface area contributed by atoms with E-state index in [1.54, 1.807) is 12.1 Å². The van der Waals surface area contributed by atoms with Crippen molar-refractivity contribution < 1.29 is 52.3 Å². The maximum absolute atomic E-state index is 12.9. The van der Waals surface area contributed by atoms with Crippen molar-refractivity contribution in [1.29, 1.82) is 0 Å². The van der Waals surface area contributed by atoms with Crippen molar-refractivity contribution in [2.75, 3.05) is 56.3 Å². The van der Waals surface area contributed by atoms with Gasteiger partial charge in [-0.05, 0) is 48.0 Å². The Morgan fingerprint density at radius 3 is 1.61 bits per heavy atom. The first-order valence-corrected chi connectivity index (χ1v) is 12.8. The molecule has 0 saturated heterocycles. The summed E-state index contributed by atoms with van der Waals surface area (Å²) >= 11 is 0. The molecule has 2 amide bonds. The molecule has 3 aromatic carbocycles. The van der Waals surface area contributed by atoms with Gasteiger partial charge >= 0.3 is 5.97 Å². The number of rotatable bonds is 14. The van der Waals surface area contributed by atoms with Gasteiger partial charge in [-0.25, -0.2) is 10.2 Å².